The van der Waals surface area contributed by atoms with Crippen LogP contribution in [0.3, 0.4) is 0 Å². The maximum atomic E-state index is 10.2. The zero-order valence-corrected chi connectivity index (χ0v) is 8.40. The lowest BCUT2D eigenvalue weighted by atomic mass is 10.7. The van der Waals surface area contributed by atoms with Crippen LogP contribution in [0.4, 0.5) is 0 Å². The van der Waals surface area contributed by atoms with E-state index in [1.54, 1.807) is 12.4 Å². The van der Waals surface area contributed by atoms with Crippen molar-refractivity contribution in [3.8, 4) is 0 Å². The molecule has 0 spiro atoms. The topological polar surface area (TPSA) is 85.2 Å². The number of carboxylic acids is 1. The van der Waals surface area contributed by atoms with Crippen LogP contribution >= 0.6 is 11.3 Å². The smallest absolute Gasteiger partial charge is 0.329 e. The molecule has 2 heterocycles. The van der Waals surface area contributed by atoms with Crippen molar-refractivity contribution in [2.75, 3.05) is 6.61 Å². The summed E-state index contributed by atoms with van der Waals surface area (Å²) in [6, 6.07) is 0. The Morgan fingerprint density at radius 3 is 3.00 bits per heavy atom. The Labute approximate surface area is 88.6 Å². The number of aromatic nitrogens is 3. The molecule has 0 bridgehead atoms. The number of aliphatic carboxylic acids is 1. The molecule has 0 aliphatic heterocycles. The molecular formula is C8H7N3O3S. The van der Waals surface area contributed by atoms with Crippen LogP contribution in [0.5, 0.6) is 0 Å². The molecule has 0 atom stereocenters. The van der Waals surface area contributed by atoms with Crippen LogP contribution in [0, 0.1) is 0 Å². The average molecular weight is 225 g/mol. The molecule has 2 rings (SSSR count). The molecule has 0 aromatic carbocycles. The van der Waals surface area contributed by atoms with Crippen molar-refractivity contribution in [2.24, 2.45) is 0 Å². The van der Waals surface area contributed by atoms with Crippen molar-refractivity contribution >= 4 is 27.8 Å². The van der Waals surface area contributed by atoms with Gasteiger partial charge >= 0.3 is 5.97 Å². The van der Waals surface area contributed by atoms with E-state index in [0.29, 0.717) is 10.7 Å². The maximum absolute atomic E-state index is 10.2. The third kappa shape index (κ3) is 2.45. The number of ether oxygens (including phenoxy) is 1. The SMILES string of the molecule is O=C(O)COCc1nc2nccnc2s1. The highest BCUT2D eigenvalue weighted by Gasteiger charge is 2.06. The van der Waals surface area contributed by atoms with Crippen LogP contribution in [0.25, 0.3) is 10.5 Å². The lowest BCUT2D eigenvalue weighted by Crippen LogP contribution is -2.06. The fraction of sp³-hybridized carbons (Fsp3) is 0.250. The van der Waals surface area contributed by atoms with Crippen molar-refractivity contribution in [2.45, 2.75) is 6.61 Å². The van der Waals surface area contributed by atoms with E-state index < -0.39 is 5.97 Å². The van der Waals surface area contributed by atoms with E-state index in [4.69, 9.17) is 9.84 Å². The quantitative estimate of drug-likeness (QED) is 0.823. The van der Waals surface area contributed by atoms with Crippen molar-refractivity contribution in [3.63, 3.8) is 0 Å². The summed E-state index contributed by atoms with van der Waals surface area (Å²) in [7, 11) is 0. The Kier molecular flexibility index (Phi) is 2.84. The van der Waals surface area contributed by atoms with Gasteiger partial charge < -0.3 is 9.84 Å². The molecule has 1 N–H and O–H groups in total. The Morgan fingerprint density at radius 2 is 2.27 bits per heavy atom. The number of rotatable bonds is 4. The summed E-state index contributed by atoms with van der Waals surface area (Å²) in [6.07, 6.45) is 3.15. The number of carboxylic acid groups (broad SMARTS) is 1. The van der Waals surface area contributed by atoms with Crippen LogP contribution < -0.4 is 0 Å². The van der Waals surface area contributed by atoms with Crippen molar-refractivity contribution in [1.82, 2.24) is 15.0 Å². The van der Waals surface area contributed by atoms with Gasteiger partial charge in [-0.15, -0.1) is 0 Å². The number of carbonyl (C=O) groups is 1. The highest BCUT2D eigenvalue weighted by atomic mass is 32.1. The molecule has 0 saturated carbocycles. The van der Waals surface area contributed by atoms with Crippen molar-refractivity contribution in [3.05, 3.63) is 17.4 Å². The number of thiazole rings is 1. The Balaban J connectivity index is 2.05. The molecule has 0 saturated heterocycles. The first-order valence-electron chi connectivity index (χ1n) is 4.11. The normalized spacial score (nSPS) is 10.7. The second-order valence-corrected chi connectivity index (χ2v) is 3.74. The molecule has 0 fully saturated rings. The molecule has 0 aliphatic carbocycles. The standard InChI is InChI=1S/C8H7N3O3S/c12-6(13)4-14-3-5-11-7-8(15-5)10-2-1-9-7/h1-2H,3-4H2,(H,12,13). The lowest BCUT2D eigenvalue weighted by molar-refractivity contribution is -0.142. The number of fused-ring (bicyclic) bond motifs is 1. The summed E-state index contributed by atoms with van der Waals surface area (Å²) < 4.78 is 4.90. The molecule has 2 aromatic heterocycles. The molecule has 2 aromatic rings. The van der Waals surface area contributed by atoms with Gasteiger partial charge in [-0.3, -0.25) is 0 Å². The number of hydrogen-bond donors (Lipinski definition) is 1. The summed E-state index contributed by atoms with van der Waals surface area (Å²) in [5, 5.41) is 9.04. The van der Waals surface area contributed by atoms with Gasteiger partial charge in [-0.25, -0.2) is 19.7 Å². The third-order valence-electron chi connectivity index (χ3n) is 1.54. The lowest BCUT2D eigenvalue weighted by Gasteiger charge is -1.95. The summed E-state index contributed by atoms with van der Waals surface area (Å²) in [4.78, 5) is 23.1. The van der Waals surface area contributed by atoms with Crippen LogP contribution in [-0.2, 0) is 16.1 Å². The van der Waals surface area contributed by atoms with Gasteiger partial charge in [0.15, 0.2) is 10.5 Å². The minimum absolute atomic E-state index is 0.176. The zero-order valence-electron chi connectivity index (χ0n) is 7.58. The van der Waals surface area contributed by atoms with Gasteiger partial charge in [0.25, 0.3) is 0 Å². The average Bonchev–Trinajstić information content (AvgIpc) is 2.59. The predicted molar refractivity (Wildman–Crippen MR) is 52.5 cm³/mol. The third-order valence-corrected chi connectivity index (χ3v) is 2.47. The fourth-order valence-electron chi connectivity index (χ4n) is 1.01. The Morgan fingerprint density at radius 1 is 1.47 bits per heavy atom. The molecule has 0 unspecified atom stereocenters. The minimum Gasteiger partial charge on any atom is -0.480 e. The molecule has 0 radical (unpaired) electrons. The fourth-order valence-corrected chi connectivity index (χ4v) is 1.81. The van der Waals surface area contributed by atoms with Gasteiger partial charge in [0.1, 0.15) is 11.6 Å². The molecule has 6 nitrogen and oxygen atoms in total. The highest BCUT2D eigenvalue weighted by Crippen LogP contribution is 2.17. The van der Waals surface area contributed by atoms with Crippen LogP contribution in [-0.4, -0.2) is 32.6 Å². The Hall–Kier alpha value is -1.60. The van der Waals surface area contributed by atoms with Crippen LogP contribution in [0.2, 0.25) is 0 Å². The van der Waals surface area contributed by atoms with E-state index in [-0.39, 0.29) is 13.2 Å². The van der Waals surface area contributed by atoms with Crippen molar-refractivity contribution in [1.29, 1.82) is 0 Å². The van der Waals surface area contributed by atoms with E-state index in [0.717, 1.165) is 4.83 Å². The first-order valence-corrected chi connectivity index (χ1v) is 4.93. The summed E-state index contributed by atoms with van der Waals surface area (Å²) >= 11 is 1.35. The van der Waals surface area contributed by atoms with E-state index in [2.05, 4.69) is 15.0 Å². The van der Waals surface area contributed by atoms with E-state index in [9.17, 15) is 4.79 Å². The van der Waals surface area contributed by atoms with Gasteiger partial charge in [0.05, 0.1) is 6.61 Å². The van der Waals surface area contributed by atoms with E-state index >= 15 is 0 Å². The maximum Gasteiger partial charge on any atom is 0.329 e. The summed E-state index contributed by atoms with van der Waals surface area (Å²) in [5.41, 5.74) is 0.566. The van der Waals surface area contributed by atoms with Gasteiger partial charge in [-0.1, -0.05) is 11.3 Å². The van der Waals surface area contributed by atoms with Crippen LogP contribution in [0.1, 0.15) is 5.01 Å². The van der Waals surface area contributed by atoms with Gasteiger partial charge in [0, 0.05) is 12.4 Å². The molecular weight excluding hydrogens is 218 g/mol. The number of hydrogen-bond acceptors (Lipinski definition) is 6. The molecule has 15 heavy (non-hydrogen) atoms. The predicted octanol–water partition coefficient (Wildman–Crippen LogP) is 0.688. The summed E-state index contributed by atoms with van der Waals surface area (Å²) in [5.74, 6) is -0.993. The van der Waals surface area contributed by atoms with E-state index in [1.165, 1.54) is 11.3 Å². The second-order valence-electron chi connectivity index (χ2n) is 2.68. The monoisotopic (exact) mass is 225 g/mol. The Bertz CT molecular complexity index is 452. The van der Waals surface area contributed by atoms with Crippen molar-refractivity contribution < 1.29 is 14.6 Å². The first kappa shape index (κ1) is 9.94. The molecule has 0 aliphatic rings. The van der Waals surface area contributed by atoms with Gasteiger partial charge in [0.2, 0.25) is 0 Å². The number of nitrogens with zero attached hydrogens (tertiary/aromatic N) is 3. The highest BCUT2D eigenvalue weighted by molar-refractivity contribution is 7.18. The zero-order chi connectivity index (χ0) is 10.7. The van der Waals surface area contributed by atoms with Gasteiger partial charge in [-0.05, 0) is 0 Å². The van der Waals surface area contributed by atoms with E-state index in [1.807, 2.05) is 0 Å². The van der Waals surface area contributed by atoms with Crippen LogP contribution in [0.15, 0.2) is 12.4 Å². The molecule has 78 valence electrons. The first-order chi connectivity index (χ1) is 7.25. The summed E-state index contributed by atoms with van der Waals surface area (Å²) in [6.45, 7) is -0.147. The second kappa shape index (κ2) is 4.28. The molecule has 7 heteroatoms. The minimum atomic E-state index is -0.993. The largest absolute Gasteiger partial charge is 0.480 e. The molecule has 0 amide bonds. The van der Waals surface area contributed by atoms with Gasteiger partial charge in [-0.2, -0.15) is 0 Å².